The van der Waals surface area contributed by atoms with Crippen molar-refractivity contribution in [2.75, 3.05) is 5.73 Å². The summed E-state index contributed by atoms with van der Waals surface area (Å²) in [6, 6.07) is 11.4. The van der Waals surface area contributed by atoms with E-state index in [-0.39, 0.29) is 5.75 Å². The predicted molar refractivity (Wildman–Crippen MR) is 72.4 cm³/mol. The molecule has 0 aliphatic rings. The SMILES string of the molecule is CCc1cc(-c2ccc(OC(F)(F)F)cc2)ccc1N. The van der Waals surface area contributed by atoms with Gasteiger partial charge in [-0.2, -0.15) is 0 Å². The maximum absolute atomic E-state index is 12.1. The minimum absolute atomic E-state index is 0.229. The van der Waals surface area contributed by atoms with E-state index in [1.165, 1.54) is 12.1 Å². The minimum atomic E-state index is -4.67. The molecule has 0 aliphatic heterocycles. The Morgan fingerprint density at radius 1 is 1.00 bits per heavy atom. The van der Waals surface area contributed by atoms with Crippen LogP contribution in [0.2, 0.25) is 0 Å². The molecule has 0 amide bonds. The van der Waals surface area contributed by atoms with Crippen molar-refractivity contribution in [3.8, 4) is 16.9 Å². The maximum Gasteiger partial charge on any atom is 0.573 e. The molecule has 0 radical (unpaired) electrons. The van der Waals surface area contributed by atoms with Crippen LogP contribution in [0.15, 0.2) is 42.5 Å². The summed E-state index contributed by atoms with van der Waals surface area (Å²) < 4.78 is 40.1. The maximum atomic E-state index is 12.1. The third kappa shape index (κ3) is 3.44. The lowest BCUT2D eigenvalue weighted by molar-refractivity contribution is -0.274. The Balaban J connectivity index is 2.26. The quantitative estimate of drug-likeness (QED) is 0.846. The normalized spacial score (nSPS) is 11.4. The van der Waals surface area contributed by atoms with Crippen molar-refractivity contribution in [3.05, 3.63) is 48.0 Å². The first-order chi connectivity index (χ1) is 9.39. The van der Waals surface area contributed by atoms with E-state index in [9.17, 15) is 13.2 Å². The Labute approximate surface area is 115 Å². The molecule has 2 aromatic rings. The zero-order chi connectivity index (χ0) is 14.8. The van der Waals surface area contributed by atoms with E-state index in [1.54, 1.807) is 18.2 Å². The van der Waals surface area contributed by atoms with Gasteiger partial charge in [0, 0.05) is 5.69 Å². The number of aryl methyl sites for hydroxylation is 1. The third-order valence-electron chi connectivity index (χ3n) is 2.95. The third-order valence-corrected chi connectivity index (χ3v) is 2.95. The second-order valence-corrected chi connectivity index (χ2v) is 4.34. The summed E-state index contributed by atoms with van der Waals surface area (Å²) in [6.07, 6.45) is -3.87. The number of ether oxygens (including phenoxy) is 1. The smallest absolute Gasteiger partial charge is 0.406 e. The van der Waals surface area contributed by atoms with E-state index in [1.807, 2.05) is 19.1 Å². The highest BCUT2D eigenvalue weighted by molar-refractivity contribution is 5.68. The highest BCUT2D eigenvalue weighted by Crippen LogP contribution is 2.28. The molecular weight excluding hydrogens is 267 g/mol. The van der Waals surface area contributed by atoms with Crippen LogP contribution < -0.4 is 10.5 Å². The Hall–Kier alpha value is -2.17. The summed E-state index contributed by atoms with van der Waals surface area (Å²) in [6.45, 7) is 2.00. The number of hydrogen-bond acceptors (Lipinski definition) is 2. The molecule has 0 aromatic heterocycles. The molecule has 0 atom stereocenters. The van der Waals surface area contributed by atoms with E-state index in [0.29, 0.717) is 5.69 Å². The van der Waals surface area contributed by atoms with Crippen LogP contribution in [0.4, 0.5) is 18.9 Å². The van der Waals surface area contributed by atoms with Crippen LogP contribution in [-0.2, 0) is 6.42 Å². The van der Waals surface area contributed by atoms with Crippen molar-refractivity contribution >= 4 is 5.69 Å². The average molecular weight is 281 g/mol. The van der Waals surface area contributed by atoms with Gasteiger partial charge in [0.15, 0.2) is 0 Å². The molecule has 0 heterocycles. The second-order valence-electron chi connectivity index (χ2n) is 4.34. The summed E-state index contributed by atoms with van der Waals surface area (Å²) in [7, 11) is 0. The van der Waals surface area contributed by atoms with Gasteiger partial charge in [-0.05, 0) is 47.4 Å². The van der Waals surface area contributed by atoms with Gasteiger partial charge in [-0.15, -0.1) is 13.2 Å². The van der Waals surface area contributed by atoms with Crippen LogP contribution in [-0.4, -0.2) is 6.36 Å². The van der Waals surface area contributed by atoms with Gasteiger partial charge in [0.25, 0.3) is 0 Å². The van der Waals surface area contributed by atoms with Gasteiger partial charge >= 0.3 is 6.36 Å². The number of benzene rings is 2. The second kappa shape index (κ2) is 5.45. The zero-order valence-corrected chi connectivity index (χ0v) is 10.9. The number of nitrogens with two attached hydrogens (primary N) is 1. The van der Waals surface area contributed by atoms with Crippen LogP contribution in [0.1, 0.15) is 12.5 Å². The molecule has 2 nitrogen and oxygen atoms in total. The van der Waals surface area contributed by atoms with Crippen LogP contribution in [0, 0.1) is 0 Å². The van der Waals surface area contributed by atoms with Crippen LogP contribution >= 0.6 is 0 Å². The van der Waals surface area contributed by atoms with Crippen LogP contribution in [0.5, 0.6) is 5.75 Å². The lowest BCUT2D eigenvalue weighted by atomic mass is 10.0. The Kier molecular flexibility index (Phi) is 3.88. The topological polar surface area (TPSA) is 35.2 Å². The predicted octanol–water partition coefficient (Wildman–Crippen LogP) is 4.40. The first-order valence-corrected chi connectivity index (χ1v) is 6.13. The molecule has 0 bridgehead atoms. The fourth-order valence-corrected chi connectivity index (χ4v) is 1.94. The molecule has 0 saturated carbocycles. The number of rotatable bonds is 3. The zero-order valence-electron chi connectivity index (χ0n) is 10.9. The highest BCUT2D eigenvalue weighted by Gasteiger charge is 2.30. The van der Waals surface area contributed by atoms with Crippen molar-refractivity contribution in [1.29, 1.82) is 0 Å². The average Bonchev–Trinajstić information content (AvgIpc) is 2.38. The van der Waals surface area contributed by atoms with Gasteiger partial charge in [0.1, 0.15) is 5.75 Å². The fourth-order valence-electron chi connectivity index (χ4n) is 1.94. The van der Waals surface area contributed by atoms with Gasteiger partial charge in [0.2, 0.25) is 0 Å². The number of anilines is 1. The molecule has 20 heavy (non-hydrogen) atoms. The monoisotopic (exact) mass is 281 g/mol. The molecule has 0 unspecified atom stereocenters. The van der Waals surface area contributed by atoms with Crippen molar-refractivity contribution in [2.45, 2.75) is 19.7 Å². The van der Waals surface area contributed by atoms with E-state index in [2.05, 4.69) is 4.74 Å². The highest BCUT2D eigenvalue weighted by atomic mass is 19.4. The molecule has 2 rings (SSSR count). The van der Waals surface area contributed by atoms with Crippen LogP contribution in [0.3, 0.4) is 0 Å². The molecule has 0 spiro atoms. The molecule has 0 fully saturated rings. The van der Waals surface area contributed by atoms with Gasteiger partial charge < -0.3 is 10.5 Å². The summed E-state index contributed by atoms with van der Waals surface area (Å²) in [5, 5.41) is 0. The van der Waals surface area contributed by atoms with E-state index >= 15 is 0 Å². The summed E-state index contributed by atoms with van der Waals surface area (Å²) in [5.74, 6) is -0.229. The molecule has 2 aromatic carbocycles. The Morgan fingerprint density at radius 2 is 1.60 bits per heavy atom. The fraction of sp³-hybridized carbons (Fsp3) is 0.200. The molecule has 0 saturated heterocycles. The molecule has 0 aliphatic carbocycles. The lowest BCUT2D eigenvalue weighted by Crippen LogP contribution is -2.16. The van der Waals surface area contributed by atoms with Crippen LogP contribution in [0.25, 0.3) is 11.1 Å². The van der Waals surface area contributed by atoms with Gasteiger partial charge in [0.05, 0.1) is 0 Å². The number of halogens is 3. The Bertz CT molecular complexity index is 591. The van der Waals surface area contributed by atoms with Gasteiger partial charge in [-0.3, -0.25) is 0 Å². The summed E-state index contributed by atoms with van der Waals surface area (Å²) in [4.78, 5) is 0. The standard InChI is InChI=1S/C15H14F3NO/c1-2-10-9-12(5-8-14(10)19)11-3-6-13(7-4-11)20-15(16,17)18/h3-9H,2,19H2,1H3. The molecule has 5 heteroatoms. The first-order valence-electron chi connectivity index (χ1n) is 6.13. The van der Waals surface area contributed by atoms with Gasteiger partial charge in [-0.25, -0.2) is 0 Å². The van der Waals surface area contributed by atoms with Crippen molar-refractivity contribution in [1.82, 2.24) is 0 Å². The Morgan fingerprint density at radius 3 is 2.15 bits per heavy atom. The van der Waals surface area contributed by atoms with Gasteiger partial charge in [-0.1, -0.05) is 25.1 Å². The van der Waals surface area contributed by atoms with Crippen molar-refractivity contribution in [3.63, 3.8) is 0 Å². The first kappa shape index (κ1) is 14.2. The summed E-state index contributed by atoms with van der Waals surface area (Å²) >= 11 is 0. The molecule has 106 valence electrons. The van der Waals surface area contributed by atoms with E-state index in [4.69, 9.17) is 5.73 Å². The molecular formula is C15H14F3NO. The molecule has 2 N–H and O–H groups in total. The summed E-state index contributed by atoms with van der Waals surface area (Å²) in [5.41, 5.74) is 9.28. The minimum Gasteiger partial charge on any atom is -0.406 e. The number of alkyl halides is 3. The van der Waals surface area contributed by atoms with E-state index in [0.717, 1.165) is 23.1 Å². The van der Waals surface area contributed by atoms with Crippen molar-refractivity contribution in [2.24, 2.45) is 0 Å². The number of nitrogen functional groups attached to an aromatic ring is 1. The lowest BCUT2D eigenvalue weighted by Gasteiger charge is -2.10. The van der Waals surface area contributed by atoms with E-state index < -0.39 is 6.36 Å². The van der Waals surface area contributed by atoms with Crippen molar-refractivity contribution < 1.29 is 17.9 Å². The largest absolute Gasteiger partial charge is 0.573 e. The number of hydrogen-bond donors (Lipinski definition) is 1.